The molecule has 1 heterocycles. The monoisotopic (exact) mass is 331 g/mol. The number of amides is 1. The molecule has 0 aliphatic carbocycles. The largest absolute Gasteiger partial charge is 0.481 e. The Kier molecular flexibility index (Phi) is 7.21. The molecular weight excluding hydrogens is 310 g/mol. The van der Waals surface area contributed by atoms with E-state index in [1.807, 2.05) is 26.2 Å². The molecule has 0 aliphatic heterocycles. The number of hydrogen-bond acceptors (Lipinski definition) is 5. The molecule has 7 heteroatoms. The first-order valence-electron chi connectivity index (χ1n) is 6.53. The average Bonchev–Trinajstić information content (AvgIpc) is 2.71. The van der Waals surface area contributed by atoms with Crippen LogP contribution < -0.4 is 4.90 Å². The molecule has 0 radical (unpaired) electrons. The highest BCUT2D eigenvalue weighted by Crippen LogP contribution is 2.32. The molecule has 1 unspecified atom stereocenters. The van der Waals surface area contributed by atoms with Crippen molar-refractivity contribution in [2.24, 2.45) is 0 Å². The number of anilines is 1. The number of thioether (sulfide) groups is 1. The van der Waals surface area contributed by atoms with Crippen molar-refractivity contribution in [2.45, 2.75) is 26.8 Å². The summed E-state index contributed by atoms with van der Waals surface area (Å²) in [7, 11) is 1.60. The number of rotatable bonds is 8. The van der Waals surface area contributed by atoms with Crippen molar-refractivity contribution in [2.75, 3.05) is 30.1 Å². The topological polar surface area (TPSA) is 66.8 Å². The molecule has 1 N–H and O–H groups in total. The highest BCUT2D eigenvalue weighted by molar-refractivity contribution is 8.00. The van der Waals surface area contributed by atoms with Gasteiger partial charge >= 0.3 is 5.97 Å². The molecule has 1 atom stereocenters. The van der Waals surface area contributed by atoms with E-state index in [0.29, 0.717) is 6.61 Å². The molecule has 1 rings (SSSR count). The molecule has 0 aliphatic rings. The van der Waals surface area contributed by atoms with Gasteiger partial charge in [-0.1, -0.05) is 0 Å². The molecular formula is C14H21NO4S2. The molecule has 0 fully saturated rings. The summed E-state index contributed by atoms with van der Waals surface area (Å²) < 4.78 is 5.16. The number of aryl methyl sites for hydroxylation is 2. The molecule has 0 spiro atoms. The minimum atomic E-state index is -0.910. The normalized spacial score (nSPS) is 12.2. The standard InChI is InChI=1S/C14H21NO4S2/c1-9-6-21-11(3)14(9)15(10(2)5-19-4)12(16)7-20-8-13(17)18/h6,10H,5,7-8H2,1-4H3,(H,17,18). The van der Waals surface area contributed by atoms with E-state index in [4.69, 9.17) is 9.84 Å². The third-order valence-electron chi connectivity index (χ3n) is 2.93. The number of carboxylic acid groups (broad SMARTS) is 1. The van der Waals surface area contributed by atoms with Gasteiger partial charge in [-0.25, -0.2) is 0 Å². The molecule has 0 saturated carbocycles. The first-order valence-corrected chi connectivity index (χ1v) is 8.57. The van der Waals surface area contributed by atoms with Gasteiger partial charge in [0.05, 0.1) is 29.8 Å². The number of methoxy groups -OCH3 is 1. The van der Waals surface area contributed by atoms with Crippen LogP contribution in [-0.4, -0.2) is 48.2 Å². The van der Waals surface area contributed by atoms with Crippen molar-refractivity contribution in [3.05, 3.63) is 15.8 Å². The summed E-state index contributed by atoms with van der Waals surface area (Å²) in [6.45, 7) is 6.32. The molecule has 1 aromatic heterocycles. The van der Waals surface area contributed by atoms with Crippen LogP contribution >= 0.6 is 23.1 Å². The molecule has 21 heavy (non-hydrogen) atoms. The van der Waals surface area contributed by atoms with Crippen LogP contribution in [-0.2, 0) is 14.3 Å². The van der Waals surface area contributed by atoms with Crippen LogP contribution in [0.5, 0.6) is 0 Å². The zero-order chi connectivity index (χ0) is 16.0. The van der Waals surface area contributed by atoms with E-state index in [1.54, 1.807) is 23.3 Å². The van der Waals surface area contributed by atoms with Gasteiger partial charge in [-0.05, 0) is 31.7 Å². The molecule has 0 bridgehead atoms. The summed E-state index contributed by atoms with van der Waals surface area (Å²) in [5.41, 5.74) is 1.97. The lowest BCUT2D eigenvalue weighted by molar-refractivity contribution is -0.133. The summed E-state index contributed by atoms with van der Waals surface area (Å²) in [6, 6.07) is -0.0973. The predicted molar refractivity (Wildman–Crippen MR) is 87.6 cm³/mol. The van der Waals surface area contributed by atoms with E-state index in [1.165, 1.54) is 0 Å². The Bertz CT molecular complexity index is 482. The number of aliphatic carboxylic acids is 1. The lowest BCUT2D eigenvalue weighted by Crippen LogP contribution is -2.43. The molecule has 118 valence electrons. The van der Waals surface area contributed by atoms with Gasteiger partial charge in [0.2, 0.25) is 5.91 Å². The van der Waals surface area contributed by atoms with E-state index < -0.39 is 5.97 Å². The van der Waals surface area contributed by atoms with Gasteiger partial charge < -0.3 is 14.7 Å². The van der Waals surface area contributed by atoms with Crippen LogP contribution in [0, 0.1) is 13.8 Å². The molecule has 0 aromatic carbocycles. The second-order valence-corrected chi connectivity index (χ2v) is 6.85. The van der Waals surface area contributed by atoms with Crippen molar-refractivity contribution in [1.82, 2.24) is 0 Å². The average molecular weight is 331 g/mol. The van der Waals surface area contributed by atoms with Gasteiger partial charge in [0, 0.05) is 12.0 Å². The van der Waals surface area contributed by atoms with Crippen LogP contribution in [0.3, 0.4) is 0 Å². The third-order valence-corrected chi connectivity index (χ3v) is 4.85. The van der Waals surface area contributed by atoms with E-state index in [0.717, 1.165) is 27.9 Å². The Morgan fingerprint density at radius 1 is 1.43 bits per heavy atom. The van der Waals surface area contributed by atoms with E-state index >= 15 is 0 Å². The fourth-order valence-electron chi connectivity index (χ4n) is 2.13. The van der Waals surface area contributed by atoms with E-state index in [2.05, 4.69) is 0 Å². The Morgan fingerprint density at radius 2 is 2.10 bits per heavy atom. The predicted octanol–water partition coefficient (Wildman–Crippen LogP) is 2.55. The molecule has 0 saturated heterocycles. The van der Waals surface area contributed by atoms with E-state index in [-0.39, 0.29) is 23.5 Å². The Balaban J connectivity index is 2.92. The zero-order valence-corrected chi connectivity index (χ0v) is 14.3. The van der Waals surface area contributed by atoms with Crippen LogP contribution in [0.1, 0.15) is 17.4 Å². The molecule has 1 aromatic rings. The number of carbonyl (C=O) groups excluding carboxylic acids is 1. The van der Waals surface area contributed by atoms with Gasteiger partial charge in [0.25, 0.3) is 0 Å². The maximum Gasteiger partial charge on any atom is 0.313 e. The van der Waals surface area contributed by atoms with Crippen LogP contribution in [0.4, 0.5) is 5.69 Å². The lowest BCUT2D eigenvalue weighted by atomic mass is 10.2. The van der Waals surface area contributed by atoms with Crippen LogP contribution in [0.25, 0.3) is 0 Å². The quantitative estimate of drug-likeness (QED) is 0.793. The highest BCUT2D eigenvalue weighted by atomic mass is 32.2. The minimum absolute atomic E-state index is 0.0696. The number of carbonyl (C=O) groups is 2. The summed E-state index contributed by atoms with van der Waals surface area (Å²) >= 11 is 2.72. The van der Waals surface area contributed by atoms with Crippen LogP contribution in [0.2, 0.25) is 0 Å². The van der Waals surface area contributed by atoms with Gasteiger partial charge in [0.15, 0.2) is 0 Å². The van der Waals surface area contributed by atoms with E-state index in [9.17, 15) is 9.59 Å². The first kappa shape index (κ1) is 18.0. The van der Waals surface area contributed by atoms with Crippen molar-refractivity contribution in [3.8, 4) is 0 Å². The Hall–Kier alpha value is -1.05. The summed E-state index contributed by atoms with van der Waals surface area (Å²) in [5.74, 6) is -0.919. The number of ether oxygens (including phenoxy) is 1. The van der Waals surface area contributed by atoms with Crippen molar-refractivity contribution >= 4 is 40.7 Å². The first-order chi connectivity index (χ1) is 9.88. The van der Waals surface area contributed by atoms with Crippen LogP contribution in [0.15, 0.2) is 5.38 Å². The van der Waals surface area contributed by atoms with Crippen molar-refractivity contribution in [1.29, 1.82) is 0 Å². The fraction of sp³-hybridized carbons (Fsp3) is 0.571. The number of hydrogen-bond donors (Lipinski definition) is 1. The lowest BCUT2D eigenvalue weighted by Gasteiger charge is -2.29. The summed E-state index contributed by atoms with van der Waals surface area (Å²) in [5, 5.41) is 10.7. The fourth-order valence-corrected chi connectivity index (χ4v) is 3.55. The second-order valence-electron chi connectivity index (χ2n) is 4.78. The maximum absolute atomic E-state index is 12.5. The maximum atomic E-state index is 12.5. The zero-order valence-electron chi connectivity index (χ0n) is 12.7. The molecule has 1 amide bonds. The van der Waals surface area contributed by atoms with Gasteiger partial charge in [-0.3, -0.25) is 9.59 Å². The second kappa shape index (κ2) is 8.41. The van der Waals surface area contributed by atoms with Crippen molar-refractivity contribution in [3.63, 3.8) is 0 Å². The Labute approximate surface area is 133 Å². The highest BCUT2D eigenvalue weighted by Gasteiger charge is 2.25. The van der Waals surface area contributed by atoms with Gasteiger partial charge in [0.1, 0.15) is 0 Å². The minimum Gasteiger partial charge on any atom is -0.481 e. The van der Waals surface area contributed by atoms with Gasteiger partial charge in [-0.2, -0.15) is 0 Å². The number of nitrogens with zero attached hydrogens (tertiary/aromatic N) is 1. The summed E-state index contributed by atoms with van der Waals surface area (Å²) in [6.07, 6.45) is 0. The molecule has 5 nitrogen and oxygen atoms in total. The smallest absolute Gasteiger partial charge is 0.313 e. The number of thiophene rings is 1. The SMILES string of the molecule is COCC(C)N(C(=O)CSCC(=O)O)c1c(C)csc1C. The third kappa shape index (κ3) is 5.01. The van der Waals surface area contributed by atoms with Gasteiger partial charge in [-0.15, -0.1) is 23.1 Å². The number of carboxylic acids is 1. The Morgan fingerprint density at radius 3 is 2.57 bits per heavy atom. The summed E-state index contributed by atoms with van der Waals surface area (Å²) in [4.78, 5) is 25.9. The van der Waals surface area contributed by atoms with Crippen molar-refractivity contribution < 1.29 is 19.4 Å².